The second kappa shape index (κ2) is 8.43. The van der Waals surface area contributed by atoms with E-state index in [4.69, 9.17) is 9.47 Å². The number of ether oxygens (including phenoxy) is 2. The summed E-state index contributed by atoms with van der Waals surface area (Å²) in [5.41, 5.74) is 2.10. The van der Waals surface area contributed by atoms with Gasteiger partial charge in [-0.2, -0.15) is 0 Å². The van der Waals surface area contributed by atoms with Crippen molar-refractivity contribution in [3.8, 4) is 11.5 Å². The van der Waals surface area contributed by atoms with Gasteiger partial charge in [0.25, 0.3) is 0 Å². The van der Waals surface area contributed by atoms with E-state index in [0.29, 0.717) is 36.1 Å². The van der Waals surface area contributed by atoms with Crippen LogP contribution in [-0.2, 0) is 14.8 Å². The molecule has 1 fully saturated rings. The number of nitrogens with zero attached hydrogens (tertiary/aromatic N) is 2. The van der Waals surface area contributed by atoms with Gasteiger partial charge in [-0.15, -0.1) is 0 Å². The Kier molecular flexibility index (Phi) is 5.72. The maximum atomic E-state index is 12.6. The average molecular weight is 432 g/mol. The largest absolute Gasteiger partial charge is 0.486 e. The minimum atomic E-state index is -3.68. The Bertz CT molecular complexity index is 1020. The molecule has 2 aromatic rings. The van der Waals surface area contributed by atoms with Crippen molar-refractivity contribution in [3.05, 3.63) is 42.5 Å². The van der Waals surface area contributed by atoms with Crippen molar-refractivity contribution in [2.24, 2.45) is 0 Å². The van der Waals surface area contributed by atoms with Gasteiger partial charge < -0.3 is 19.7 Å². The van der Waals surface area contributed by atoms with Crippen molar-refractivity contribution in [3.63, 3.8) is 0 Å². The average Bonchev–Trinajstić information content (AvgIpc) is 3.26. The second-order valence-corrected chi connectivity index (χ2v) is 9.29. The maximum Gasteiger partial charge on any atom is 0.245 e. The molecule has 1 amide bonds. The highest BCUT2D eigenvalue weighted by Gasteiger charge is 2.23. The monoisotopic (exact) mass is 431 g/mol. The molecular formula is C21H25N3O5S. The van der Waals surface area contributed by atoms with E-state index >= 15 is 0 Å². The molecule has 0 spiro atoms. The number of hydrogen-bond donors (Lipinski definition) is 1. The predicted molar refractivity (Wildman–Crippen MR) is 116 cm³/mol. The number of benzene rings is 2. The molecule has 0 atom stereocenters. The molecule has 1 saturated heterocycles. The van der Waals surface area contributed by atoms with E-state index in [1.807, 2.05) is 24.3 Å². The van der Waals surface area contributed by atoms with Crippen LogP contribution in [0.4, 0.5) is 17.1 Å². The zero-order valence-corrected chi connectivity index (χ0v) is 17.7. The fraction of sp³-hybridized carbons (Fsp3) is 0.381. The maximum absolute atomic E-state index is 12.6. The lowest BCUT2D eigenvalue weighted by atomic mass is 10.2. The number of sulfonamides is 1. The fourth-order valence-electron chi connectivity index (χ4n) is 3.65. The highest BCUT2D eigenvalue weighted by molar-refractivity contribution is 7.92. The number of rotatable bonds is 6. The molecule has 9 heteroatoms. The summed E-state index contributed by atoms with van der Waals surface area (Å²) in [5.74, 6) is 0.593. The molecule has 2 aliphatic heterocycles. The van der Waals surface area contributed by atoms with Crippen molar-refractivity contribution in [1.82, 2.24) is 0 Å². The Morgan fingerprint density at radius 2 is 1.70 bits per heavy atom. The molecule has 2 aliphatic rings. The molecule has 2 aromatic carbocycles. The summed E-state index contributed by atoms with van der Waals surface area (Å²) < 4.78 is 36.8. The van der Waals surface area contributed by atoms with E-state index in [0.717, 1.165) is 29.3 Å². The Labute approximate surface area is 176 Å². The highest BCUT2D eigenvalue weighted by Crippen LogP contribution is 2.34. The number of fused-ring (bicyclic) bond motifs is 1. The highest BCUT2D eigenvalue weighted by atomic mass is 32.2. The first-order valence-corrected chi connectivity index (χ1v) is 11.8. The van der Waals surface area contributed by atoms with Crippen molar-refractivity contribution in [2.75, 3.05) is 53.6 Å². The van der Waals surface area contributed by atoms with Gasteiger partial charge in [0.1, 0.15) is 19.8 Å². The molecule has 0 saturated carbocycles. The van der Waals surface area contributed by atoms with Crippen LogP contribution in [0.2, 0.25) is 0 Å². The molecule has 30 heavy (non-hydrogen) atoms. The van der Waals surface area contributed by atoms with Gasteiger partial charge in [0.05, 0.1) is 11.9 Å². The van der Waals surface area contributed by atoms with Crippen LogP contribution in [0.1, 0.15) is 12.8 Å². The molecular weight excluding hydrogens is 406 g/mol. The van der Waals surface area contributed by atoms with E-state index in [2.05, 4.69) is 10.2 Å². The second-order valence-electron chi connectivity index (χ2n) is 7.39. The number of anilines is 3. The summed E-state index contributed by atoms with van der Waals surface area (Å²) in [6.07, 6.45) is 3.46. The standard InChI is InChI=1S/C21H25N3O5S/c1-30(26,27)24(18-8-9-19-20(14-18)29-13-12-28-19)15-21(25)22-16-4-6-17(7-5-16)23-10-2-3-11-23/h4-9,14H,2-3,10-13,15H2,1H3,(H,22,25). The Hall–Kier alpha value is -2.94. The lowest BCUT2D eigenvalue weighted by Crippen LogP contribution is -2.37. The lowest BCUT2D eigenvalue weighted by Gasteiger charge is -2.24. The van der Waals surface area contributed by atoms with Crippen molar-refractivity contribution in [2.45, 2.75) is 12.8 Å². The quantitative estimate of drug-likeness (QED) is 0.756. The molecule has 0 bridgehead atoms. The first kappa shape index (κ1) is 20.3. The summed E-state index contributed by atoms with van der Waals surface area (Å²) in [7, 11) is -3.68. The molecule has 8 nitrogen and oxygen atoms in total. The third-order valence-electron chi connectivity index (χ3n) is 5.12. The third-order valence-corrected chi connectivity index (χ3v) is 6.26. The Balaban J connectivity index is 1.46. The molecule has 0 unspecified atom stereocenters. The van der Waals surface area contributed by atoms with Crippen molar-refractivity contribution >= 4 is 33.0 Å². The molecule has 1 N–H and O–H groups in total. The molecule has 0 aromatic heterocycles. The van der Waals surface area contributed by atoms with Gasteiger partial charge in [0.2, 0.25) is 15.9 Å². The Morgan fingerprint density at radius 3 is 2.37 bits per heavy atom. The first-order valence-electron chi connectivity index (χ1n) is 9.92. The molecule has 160 valence electrons. The topological polar surface area (TPSA) is 88.2 Å². The van der Waals surface area contributed by atoms with Crippen LogP contribution >= 0.6 is 0 Å². The van der Waals surface area contributed by atoms with Gasteiger partial charge >= 0.3 is 0 Å². The summed E-state index contributed by atoms with van der Waals surface area (Å²) in [6.45, 7) is 2.59. The van der Waals surface area contributed by atoms with Crippen LogP contribution in [0.15, 0.2) is 42.5 Å². The van der Waals surface area contributed by atoms with E-state index in [-0.39, 0.29) is 6.54 Å². The van der Waals surface area contributed by atoms with E-state index in [1.165, 1.54) is 12.8 Å². The van der Waals surface area contributed by atoms with Gasteiger partial charge in [-0.1, -0.05) is 0 Å². The minimum Gasteiger partial charge on any atom is -0.486 e. The van der Waals surface area contributed by atoms with Crippen LogP contribution in [0.3, 0.4) is 0 Å². The van der Waals surface area contributed by atoms with Gasteiger partial charge in [-0.3, -0.25) is 9.10 Å². The van der Waals surface area contributed by atoms with Gasteiger partial charge in [0.15, 0.2) is 11.5 Å². The van der Waals surface area contributed by atoms with E-state index in [9.17, 15) is 13.2 Å². The van der Waals surface area contributed by atoms with Gasteiger partial charge in [0, 0.05) is 30.5 Å². The number of carbonyl (C=O) groups excluding carboxylic acids is 1. The van der Waals surface area contributed by atoms with E-state index < -0.39 is 15.9 Å². The summed E-state index contributed by atoms with van der Waals surface area (Å²) in [6, 6.07) is 12.4. The normalized spacial score (nSPS) is 15.7. The predicted octanol–water partition coefficient (Wildman–Crippen LogP) is 2.46. The smallest absolute Gasteiger partial charge is 0.245 e. The first-order chi connectivity index (χ1) is 14.4. The number of amides is 1. The SMILES string of the molecule is CS(=O)(=O)N(CC(=O)Nc1ccc(N2CCCC2)cc1)c1ccc2c(c1)OCCO2. The third kappa shape index (κ3) is 4.62. The lowest BCUT2D eigenvalue weighted by molar-refractivity contribution is -0.114. The van der Waals surface area contributed by atoms with Crippen LogP contribution in [0.25, 0.3) is 0 Å². The fourth-order valence-corrected chi connectivity index (χ4v) is 4.50. The summed E-state index contributed by atoms with van der Waals surface area (Å²) in [4.78, 5) is 14.9. The van der Waals surface area contributed by atoms with Crippen LogP contribution in [-0.4, -0.2) is 53.4 Å². The number of hydrogen-bond acceptors (Lipinski definition) is 6. The number of carbonyl (C=O) groups is 1. The van der Waals surface area contributed by atoms with Gasteiger partial charge in [-0.25, -0.2) is 8.42 Å². The van der Waals surface area contributed by atoms with Crippen LogP contribution in [0.5, 0.6) is 11.5 Å². The Morgan fingerprint density at radius 1 is 1.03 bits per heavy atom. The van der Waals surface area contributed by atoms with Crippen molar-refractivity contribution < 1.29 is 22.7 Å². The number of nitrogens with one attached hydrogen (secondary N) is 1. The minimum absolute atomic E-state index is 0.341. The zero-order valence-electron chi connectivity index (χ0n) is 16.8. The summed E-state index contributed by atoms with van der Waals surface area (Å²) >= 11 is 0. The van der Waals surface area contributed by atoms with E-state index in [1.54, 1.807) is 18.2 Å². The summed E-state index contributed by atoms with van der Waals surface area (Å²) in [5, 5.41) is 2.77. The molecule has 2 heterocycles. The molecule has 0 radical (unpaired) electrons. The molecule has 4 rings (SSSR count). The van der Waals surface area contributed by atoms with Gasteiger partial charge in [-0.05, 0) is 49.2 Å². The zero-order chi connectivity index (χ0) is 21.1. The van der Waals surface area contributed by atoms with Crippen LogP contribution < -0.4 is 24.0 Å². The van der Waals surface area contributed by atoms with Crippen molar-refractivity contribution in [1.29, 1.82) is 0 Å². The van der Waals surface area contributed by atoms with Crippen LogP contribution in [0, 0.1) is 0 Å². The molecule has 0 aliphatic carbocycles.